The van der Waals surface area contributed by atoms with Crippen molar-refractivity contribution >= 4 is 11.5 Å². The van der Waals surface area contributed by atoms with Crippen molar-refractivity contribution in [2.75, 3.05) is 12.3 Å². The first kappa shape index (κ1) is 10.5. The van der Waals surface area contributed by atoms with Crippen molar-refractivity contribution < 1.29 is 5.84 Å². The van der Waals surface area contributed by atoms with Crippen LogP contribution in [0, 0.1) is 0 Å². The third kappa shape index (κ3) is 1.74. The topological polar surface area (TPSA) is 67.3 Å². The Morgan fingerprint density at radius 1 is 1.62 bits per heavy atom. The van der Waals surface area contributed by atoms with Gasteiger partial charge in [-0.1, -0.05) is 0 Å². The van der Waals surface area contributed by atoms with Crippen LogP contribution in [0.1, 0.15) is 20.8 Å². The van der Waals surface area contributed by atoms with Gasteiger partial charge in [0, 0.05) is 36.6 Å². The molecule has 86 valence electrons. The Bertz CT molecular complexity index is 500. The molecule has 0 unspecified atom stereocenters. The molecule has 4 heteroatoms. The van der Waals surface area contributed by atoms with Gasteiger partial charge in [-0.05, 0) is 19.9 Å². The number of nitrogens with two attached hydrogens (primary N) is 1. The number of H-pyrrole nitrogens is 1. The molecule has 2 rings (SSSR count). The van der Waals surface area contributed by atoms with Gasteiger partial charge in [-0.25, -0.2) is 0 Å². The van der Waals surface area contributed by atoms with E-state index < -0.39 is 0 Å². The van der Waals surface area contributed by atoms with Crippen LogP contribution in [0.5, 0.6) is 0 Å². The molecule has 0 aromatic carbocycles. The molecule has 2 heterocycles. The van der Waals surface area contributed by atoms with Gasteiger partial charge in [0.2, 0.25) is 0 Å². The molecule has 0 spiro atoms. The number of hydrogen-bond donors (Lipinski definition) is 2. The first-order valence-corrected chi connectivity index (χ1v) is 5.25. The number of aromatic nitrogens is 1. The fraction of sp³-hybridized carbons (Fsp3) is 0.250. The highest BCUT2D eigenvalue weighted by atomic mass is 16.3. The van der Waals surface area contributed by atoms with Crippen molar-refractivity contribution in [1.29, 1.82) is 0 Å². The summed E-state index contributed by atoms with van der Waals surface area (Å²) in [6.07, 6.45) is 5.23. The average Bonchev–Trinajstić information content (AvgIpc) is 2.86. The van der Waals surface area contributed by atoms with E-state index in [1.807, 2.05) is 26.1 Å². The van der Waals surface area contributed by atoms with Crippen molar-refractivity contribution in [1.82, 2.24) is 4.98 Å². The summed E-state index contributed by atoms with van der Waals surface area (Å²) in [6, 6.07) is 1.91. The molecule has 0 saturated heterocycles. The van der Waals surface area contributed by atoms with Gasteiger partial charge in [-0.2, -0.15) is 0 Å². The number of aromatic amines is 1. The Labute approximate surface area is 95.7 Å². The van der Waals surface area contributed by atoms with Crippen molar-refractivity contribution in [2.24, 2.45) is 4.99 Å². The van der Waals surface area contributed by atoms with Crippen molar-refractivity contribution in [2.45, 2.75) is 13.8 Å². The molecular weight excluding hydrogens is 202 g/mol. The molecule has 0 fully saturated rings. The smallest absolute Gasteiger partial charge is 0.110 e. The third-order valence-corrected chi connectivity index (χ3v) is 2.50. The molecule has 0 atom stereocenters. The Kier molecular flexibility index (Phi) is 2.81. The number of anilines is 1. The number of furan rings is 1. The number of nitrogens with one attached hydrogen (secondary N) is 1. The van der Waals surface area contributed by atoms with Crippen LogP contribution in [0.25, 0.3) is 11.1 Å². The molecule has 0 bridgehead atoms. The van der Waals surface area contributed by atoms with Gasteiger partial charge in [0.25, 0.3) is 0 Å². The van der Waals surface area contributed by atoms with Crippen LogP contribution in [0.4, 0.5) is 5.82 Å². The quantitative estimate of drug-likeness (QED) is 0.779. The zero-order valence-corrected chi connectivity index (χ0v) is 9.45. The van der Waals surface area contributed by atoms with E-state index in [0.29, 0.717) is 5.82 Å². The second kappa shape index (κ2) is 4.26. The Morgan fingerprint density at radius 3 is 3.06 bits per heavy atom. The minimum absolute atomic E-state index is 0. The minimum Gasteiger partial charge on any atom is -0.472 e. The molecule has 0 aliphatic rings. The summed E-state index contributed by atoms with van der Waals surface area (Å²) >= 11 is 0. The maximum Gasteiger partial charge on any atom is 0.110 e. The largest absolute Gasteiger partial charge is 0.472 e. The Balaban J connectivity index is 0.00000144. The monoisotopic (exact) mass is 219 g/mol. The number of hydrogen-bond acceptors (Lipinski definition) is 3. The highest BCUT2D eigenvalue weighted by Gasteiger charge is 2.13. The highest BCUT2D eigenvalue weighted by molar-refractivity contribution is 6.08. The van der Waals surface area contributed by atoms with E-state index in [4.69, 9.17) is 10.2 Å². The molecule has 0 amide bonds. The first-order valence-electron chi connectivity index (χ1n) is 5.25. The highest BCUT2D eigenvalue weighted by Crippen LogP contribution is 2.28. The lowest BCUT2D eigenvalue weighted by atomic mass is 10.0. The number of nitrogens with zero attached hydrogens (tertiary/aromatic N) is 1. The molecule has 0 aliphatic heterocycles. The Hall–Kier alpha value is -1.97. The molecule has 2 aromatic rings. The van der Waals surface area contributed by atoms with E-state index in [2.05, 4.69) is 9.98 Å². The summed E-state index contributed by atoms with van der Waals surface area (Å²) in [6.45, 7) is 4.72. The standard InChI is InChI=1S/C12H15N3O.H2/c1-3-14-8(2)11-10(6-15-12(11)13)9-4-5-16-7-9;/h4-7,15H,3,13H2,1-2H3;1H. The van der Waals surface area contributed by atoms with Gasteiger partial charge < -0.3 is 15.1 Å². The molecule has 3 N–H and O–H groups in total. The lowest BCUT2D eigenvalue weighted by Crippen LogP contribution is -2.00. The van der Waals surface area contributed by atoms with Gasteiger partial charge in [-0.3, -0.25) is 4.99 Å². The van der Waals surface area contributed by atoms with Gasteiger partial charge in [0.05, 0.1) is 12.5 Å². The summed E-state index contributed by atoms with van der Waals surface area (Å²) in [5.74, 6) is 0.644. The lowest BCUT2D eigenvalue weighted by Gasteiger charge is -2.02. The molecule has 0 aliphatic carbocycles. The molecule has 0 saturated carbocycles. The zero-order valence-electron chi connectivity index (χ0n) is 9.45. The van der Waals surface area contributed by atoms with Crippen LogP contribution in [0.15, 0.2) is 34.2 Å². The van der Waals surface area contributed by atoms with E-state index >= 15 is 0 Å². The molecular formula is C12H17N3O. The first-order chi connectivity index (χ1) is 7.74. The minimum atomic E-state index is 0. The van der Waals surface area contributed by atoms with Crippen molar-refractivity contribution in [3.63, 3.8) is 0 Å². The second-order valence-electron chi connectivity index (χ2n) is 3.56. The zero-order chi connectivity index (χ0) is 11.5. The van der Waals surface area contributed by atoms with Crippen molar-refractivity contribution in [3.05, 3.63) is 30.4 Å². The lowest BCUT2D eigenvalue weighted by molar-refractivity contribution is 0.568. The van der Waals surface area contributed by atoms with Crippen LogP contribution in [-0.4, -0.2) is 17.2 Å². The van der Waals surface area contributed by atoms with E-state index in [1.54, 1.807) is 12.5 Å². The second-order valence-corrected chi connectivity index (χ2v) is 3.56. The van der Waals surface area contributed by atoms with Crippen molar-refractivity contribution in [3.8, 4) is 11.1 Å². The van der Waals surface area contributed by atoms with E-state index in [0.717, 1.165) is 28.9 Å². The maximum atomic E-state index is 5.91. The summed E-state index contributed by atoms with van der Waals surface area (Å²) in [7, 11) is 0. The van der Waals surface area contributed by atoms with Gasteiger partial charge in [0.15, 0.2) is 0 Å². The van der Waals surface area contributed by atoms with Crippen LogP contribution in [-0.2, 0) is 0 Å². The summed E-state index contributed by atoms with van der Waals surface area (Å²) < 4.78 is 5.08. The molecule has 16 heavy (non-hydrogen) atoms. The maximum absolute atomic E-state index is 5.91. The van der Waals surface area contributed by atoms with Crippen LogP contribution in [0.2, 0.25) is 0 Å². The van der Waals surface area contributed by atoms with Crippen LogP contribution >= 0.6 is 0 Å². The van der Waals surface area contributed by atoms with Crippen LogP contribution in [0.3, 0.4) is 0 Å². The third-order valence-electron chi connectivity index (χ3n) is 2.50. The summed E-state index contributed by atoms with van der Waals surface area (Å²) in [5, 5.41) is 0. The summed E-state index contributed by atoms with van der Waals surface area (Å²) in [4.78, 5) is 7.40. The van der Waals surface area contributed by atoms with E-state index in [-0.39, 0.29) is 1.43 Å². The SMILES string of the molecule is CCN=C(C)c1c(-c2ccoc2)c[nH]c1N.[HH]. The predicted octanol–water partition coefficient (Wildman–Crippen LogP) is 2.93. The number of aliphatic imine (C=N–C) groups is 1. The fourth-order valence-electron chi connectivity index (χ4n) is 1.79. The van der Waals surface area contributed by atoms with Gasteiger partial charge >= 0.3 is 0 Å². The van der Waals surface area contributed by atoms with E-state index in [1.165, 1.54) is 0 Å². The fourth-order valence-corrected chi connectivity index (χ4v) is 1.79. The number of rotatable bonds is 3. The molecule has 0 radical (unpaired) electrons. The predicted molar refractivity (Wildman–Crippen MR) is 67.8 cm³/mol. The van der Waals surface area contributed by atoms with Gasteiger partial charge in [0.1, 0.15) is 5.82 Å². The molecule has 2 aromatic heterocycles. The number of nitrogen functional groups attached to an aromatic ring is 1. The normalized spacial score (nSPS) is 12.0. The van der Waals surface area contributed by atoms with Crippen LogP contribution < -0.4 is 5.73 Å². The Morgan fingerprint density at radius 2 is 2.44 bits per heavy atom. The van der Waals surface area contributed by atoms with Gasteiger partial charge in [-0.15, -0.1) is 0 Å². The van der Waals surface area contributed by atoms with E-state index in [9.17, 15) is 0 Å². The summed E-state index contributed by atoms with van der Waals surface area (Å²) in [5.41, 5.74) is 9.85. The average molecular weight is 219 g/mol. The molecule has 4 nitrogen and oxygen atoms in total.